The monoisotopic (exact) mass is 260 g/mol. The Bertz CT molecular complexity index is 349. The highest BCUT2D eigenvalue weighted by molar-refractivity contribution is 9.10. The highest BCUT2D eigenvalue weighted by Gasteiger charge is 2.41. The summed E-state index contributed by atoms with van der Waals surface area (Å²) in [4.78, 5) is 0. The molecular formula is C9H10BrFN2O. The molecule has 1 aromatic carbocycles. The van der Waals surface area contributed by atoms with E-state index >= 15 is 0 Å². The van der Waals surface area contributed by atoms with Crippen molar-refractivity contribution in [3.8, 4) is 0 Å². The van der Waals surface area contributed by atoms with Crippen LogP contribution in [0.4, 0.5) is 4.39 Å². The first-order valence-corrected chi connectivity index (χ1v) is 4.98. The van der Waals surface area contributed by atoms with Crippen LogP contribution in [0, 0.1) is 5.82 Å². The van der Waals surface area contributed by atoms with E-state index in [0.717, 1.165) is 4.47 Å². The quantitative estimate of drug-likeness (QED) is 0.622. The fourth-order valence-corrected chi connectivity index (χ4v) is 1.85. The van der Waals surface area contributed by atoms with Crippen LogP contribution in [0.5, 0.6) is 0 Å². The number of rotatable bonds is 2. The van der Waals surface area contributed by atoms with Gasteiger partial charge < -0.3 is 4.74 Å². The van der Waals surface area contributed by atoms with Gasteiger partial charge in [0, 0.05) is 10.0 Å². The first-order valence-electron chi connectivity index (χ1n) is 4.19. The molecule has 2 rings (SSSR count). The highest BCUT2D eigenvalue weighted by Crippen LogP contribution is 2.32. The Balaban J connectivity index is 2.43. The molecule has 1 heterocycles. The lowest BCUT2D eigenvalue weighted by molar-refractivity contribution is -0.0803. The van der Waals surface area contributed by atoms with Crippen molar-refractivity contribution in [3.63, 3.8) is 0 Å². The maximum Gasteiger partial charge on any atom is 0.128 e. The fourth-order valence-electron chi connectivity index (χ4n) is 1.49. The summed E-state index contributed by atoms with van der Waals surface area (Å²) in [6.45, 7) is 0.799. The Hall–Kier alpha value is -0.490. The molecule has 0 unspecified atom stereocenters. The minimum absolute atomic E-state index is 0.269. The second-order valence-electron chi connectivity index (χ2n) is 3.34. The largest absolute Gasteiger partial charge is 0.377 e. The number of nitrogens with two attached hydrogens (primary N) is 1. The summed E-state index contributed by atoms with van der Waals surface area (Å²) >= 11 is 3.30. The second-order valence-corrected chi connectivity index (χ2v) is 4.26. The van der Waals surface area contributed by atoms with Crippen molar-refractivity contribution >= 4 is 15.9 Å². The first-order chi connectivity index (χ1) is 6.68. The van der Waals surface area contributed by atoms with Gasteiger partial charge in [0.1, 0.15) is 11.4 Å². The molecule has 0 spiro atoms. The third kappa shape index (κ3) is 1.46. The first kappa shape index (κ1) is 10.0. The predicted molar refractivity (Wildman–Crippen MR) is 53.9 cm³/mol. The molecule has 1 aliphatic heterocycles. The second kappa shape index (κ2) is 3.58. The summed E-state index contributed by atoms with van der Waals surface area (Å²) < 4.78 is 19.4. The lowest BCUT2D eigenvalue weighted by Gasteiger charge is -2.41. The zero-order valence-corrected chi connectivity index (χ0v) is 8.97. The molecule has 1 fully saturated rings. The van der Waals surface area contributed by atoms with Gasteiger partial charge in [-0.05, 0) is 18.2 Å². The predicted octanol–water partition coefficient (Wildman–Crippen LogP) is 1.28. The molecule has 0 aromatic heterocycles. The van der Waals surface area contributed by atoms with Crippen LogP contribution in [0.25, 0.3) is 0 Å². The zero-order chi connectivity index (χ0) is 10.2. The number of hydrazine groups is 1. The van der Waals surface area contributed by atoms with Crippen LogP contribution < -0.4 is 11.3 Å². The minimum atomic E-state index is -0.562. The Morgan fingerprint density at radius 1 is 1.50 bits per heavy atom. The van der Waals surface area contributed by atoms with E-state index in [0.29, 0.717) is 18.8 Å². The van der Waals surface area contributed by atoms with Crippen LogP contribution in [-0.4, -0.2) is 13.2 Å². The Morgan fingerprint density at radius 3 is 2.71 bits per heavy atom. The van der Waals surface area contributed by atoms with Gasteiger partial charge in [-0.3, -0.25) is 5.84 Å². The van der Waals surface area contributed by atoms with Gasteiger partial charge in [0.15, 0.2) is 0 Å². The van der Waals surface area contributed by atoms with Crippen molar-refractivity contribution < 1.29 is 9.13 Å². The topological polar surface area (TPSA) is 47.3 Å². The van der Waals surface area contributed by atoms with E-state index in [-0.39, 0.29) is 5.82 Å². The van der Waals surface area contributed by atoms with E-state index in [1.165, 1.54) is 6.07 Å². The molecule has 0 atom stereocenters. The number of benzene rings is 1. The van der Waals surface area contributed by atoms with Gasteiger partial charge in [0.2, 0.25) is 0 Å². The Kier molecular flexibility index (Phi) is 2.57. The number of nitrogens with one attached hydrogen (secondary N) is 1. The van der Waals surface area contributed by atoms with Crippen molar-refractivity contribution in [2.75, 3.05) is 13.2 Å². The SMILES string of the molecule is NNC1(c2cc(Br)ccc2F)COC1. The third-order valence-electron chi connectivity index (χ3n) is 2.42. The van der Waals surface area contributed by atoms with Gasteiger partial charge in [0.25, 0.3) is 0 Å². The maximum atomic E-state index is 13.5. The van der Waals surface area contributed by atoms with Crippen LogP contribution in [-0.2, 0) is 10.3 Å². The summed E-state index contributed by atoms with van der Waals surface area (Å²) in [6.07, 6.45) is 0. The number of hydrogen-bond donors (Lipinski definition) is 2. The van der Waals surface area contributed by atoms with E-state index < -0.39 is 5.54 Å². The maximum absolute atomic E-state index is 13.5. The van der Waals surface area contributed by atoms with Gasteiger partial charge in [-0.25, -0.2) is 9.82 Å². The van der Waals surface area contributed by atoms with Crippen molar-refractivity contribution in [2.45, 2.75) is 5.54 Å². The van der Waals surface area contributed by atoms with Crippen molar-refractivity contribution in [1.82, 2.24) is 5.43 Å². The molecule has 0 radical (unpaired) electrons. The van der Waals surface area contributed by atoms with Gasteiger partial charge >= 0.3 is 0 Å². The molecular weight excluding hydrogens is 251 g/mol. The van der Waals surface area contributed by atoms with Gasteiger partial charge in [-0.1, -0.05) is 15.9 Å². The van der Waals surface area contributed by atoms with Crippen LogP contribution >= 0.6 is 15.9 Å². The molecule has 0 bridgehead atoms. The normalized spacial score (nSPS) is 19.1. The third-order valence-corrected chi connectivity index (χ3v) is 2.91. The van der Waals surface area contributed by atoms with Gasteiger partial charge in [-0.2, -0.15) is 0 Å². The Morgan fingerprint density at radius 2 is 2.21 bits per heavy atom. The summed E-state index contributed by atoms with van der Waals surface area (Å²) in [6, 6.07) is 4.79. The number of hydrogen-bond acceptors (Lipinski definition) is 3. The molecule has 1 aliphatic rings. The van der Waals surface area contributed by atoms with E-state index in [1.54, 1.807) is 12.1 Å². The standard InChI is InChI=1S/C9H10BrFN2O/c10-6-1-2-8(11)7(3-6)9(13-12)4-14-5-9/h1-3,13H,4-5,12H2. The molecule has 3 nitrogen and oxygen atoms in total. The van der Waals surface area contributed by atoms with E-state index in [9.17, 15) is 4.39 Å². The van der Waals surface area contributed by atoms with E-state index in [1.807, 2.05) is 0 Å². The molecule has 76 valence electrons. The average molecular weight is 261 g/mol. The number of ether oxygens (including phenoxy) is 1. The smallest absolute Gasteiger partial charge is 0.128 e. The Labute approximate surface area is 89.5 Å². The van der Waals surface area contributed by atoms with Crippen molar-refractivity contribution in [1.29, 1.82) is 0 Å². The zero-order valence-electron chi connectivity index (χ0n) is 7.39. The molecule has 14 heavy (non-hydrogen) atoms. The highest BCUT2D eigenvalue weighted by atomic mass is 79.9. The van der Waals surface area contributed by atoms with E-state index in [2.05, 4.69) is 21.4 Å². The van der Waals surface area contributed by atoms with Gasteiger partial charge in [0.05, 0.1) is 13.2 Å². The summed E-state index contributed by atoms with van der Waals surface area (Å²) in [7, 11) is 0. The molecule has 0 amide bonds. The van der Waals surface area contributed by atoms with Crippen molar-refractivity contribution in [3.05, 3.63) is 34.1 Å². The summed E-state index contributed by atoms with van der Waals surface area (Å²) in [5, 5.41) is 0. The van der Waals surface area contributed by atoms with Crippen molar-refractivity contribution in [2.24, 2.45) is 5.84 Å². The van der Waals surface area contributed by atoms with Gasteiger partial charge in [-0.15, -0.1) is 0 Å². The summed E-state index contributed by atoms with van der Waals surface area (Å²) in [5.41, 5.74) is 2.59. The lowest BCUT2D eigenvalue weighted by atomic mass is 9.88. The molecule has 0 saturated carbocycles. The average Bonchev–Trinajstić information content (AvgIpc) is 2.10. The van der Waals surface area contributed by atoms with Crippen LogP contribution in [0.2, 0.25) is 0 Å². The molecule has 1 saturated heterocycles. The van der Waals surface area contributed by atoms with Crippen LogP contribution in [0.3, 0.4) is 0 Å². The summed E-state index contributed by atoms with van der Waals surface area (Å²) in [5.74, 6) is 5.14. The van der Waals surface area contributed by atoms with Crippen LogP contribution in [0.15, 0.2) is 22.7 Å². The fraction of sp³-hybridized carbons (Fsp3) is 0.333. The molecule has 1 aromatic rings. The molecule has 0 aliphatic carbocycles. The van der Waals surface area contributed by atoms with Crippen LogP contribution in [0.1, 0.15) is 5.56 Å². The lowest BCUT2D eigenvalue weighted by Crippen LogP contribution is -2.60. The number of halogens is 2. The molecule has 3 N–H and O–H groups in total. The molecule has 5 heteroatoms. The minimum Gasteiger partial charge on any atom is -0.377 e. The van der Waals surface area contributed by atoms with E-state index in [4.69, 9.17) is 10.6 Å².